The van der Waals surface area contributed by atoms with Crippen LogP contribution in [0.1, 0.15) is 71.9 Å². The maximum absolute atomic E-state index is 12.8. The van der Waals surface area contributed by atoms with Crippen molar-refractivity contribution in [3.05, 3.63) is 107 Å². The monoisotopic (exact) mass is 652 g/mol. The number of halogens is 3. The predicted octanol–water partition coefficient (Wildman–Crippen LogP) is 8.70. The van der Waals surface area contributed by atoms with Gasteiger partial charge in [0.2, 0.25) is 0 Å². The maximum Gasteiger partial charge on any atom is 0.379 e. The van der Waals surface area contributed by atoms with E-state index in [4.69, 9.17) is 4.74 Å². The van der Waals surface area contributed by atoms with Gasteiger partial charge < -0.3 is 9.84 Å². The summed E-state index contributed by atoms with van der Waals surface area (Å²) < 4.78 is 62.0. The van der Waals surface area contributed by atoms with E-state index in [1.807, 2.05) is 78.8 Å². The van der Waals surface area contributed by atoms with Crippen LogP contribution in [0, 0.1) is 12.8 Å². The quantitative estimate of drug-likeness (QED) is 0.186. The minimum Gasteiger partial charge on any atom is -0.512 e. The number of cyclic esters (lactones) is 1. The van der Waals surface area contributed by atoms with Gasteiger partial charge in [-0.1, -0.05) is 95.3 Å². The van der Waals surface area contributed by atoms with Gasteiger partial charge in [0.05, 0.1) is 5.57 Å². The third-order valence-corrected chi connectivity index (χ3v) is 7.53. The van der Waals surface area contributed by atoms with Crippen molar-refractivity contribution in [3.8, 4) is 0 Å². The molecule has 0 aliphatic carbocycles. The van der Waals surface area contributed by atoms with Crippen molar-refractivity contribution in [1.82, 2.24) is 9.71 Å². The van der Waals surface area contributed by atoms with Gasteiger partial charge in [-0.3, -0.25) is 4.72 Å². The molecule has 2 atom stereocenters. The molecule has 1 aromatic heterocycles. The number of ether oxygens (including phenoxy) is 1. The topological polar surface area (TPSA) is 106 Å². The standard InChI is InChI=1S/C29H34N2O5S.2C2H6.CHF3/c1-5-25(28-26(32)18-24(36-29(28)33)16-15-23-12-7-6-8-13-23)21(3)10-9-11-22(4)31-37(34,35)27-17-14-20(2)19-30-27;2*1-2;2-1(3)4/h6-14,17,19,24-25,31-32H,4-5,15-16,18H2,1-3H3;2*1-2H3;1H/b11-9-,21-10+;;;/t24?,25-;;;/m1.../s1. The fourth-order valence-electron chi connectivity index (χ4n) is 4.23. The molecule has 0 amide bonds. The molecule has 1 unspecified atom stereocenters. The summed E-state index contributed by atoms with van der Waals surface area (Å²) >= 11 is 0. The van der Waals surface area contributed by atoms with Crippen LogP contribution in [0.15, 0.2) is 101 Å². The molecule has 1 aliphatic heterocycles. The number of nitrogens with one attached hydrogen (secondary N) is 1. The number of aliphatic hydroxyl groups is 1. The smallest absolute Gasteiger partial charge is 0.379 e. The van der Waals surface area contributed by atoms with Crippen molar-refractivity contribution in [3.63, 3.8) is 0 Å². The van der Waals surface area contributed by atoms with E-state index in [9.17, 15) is 31.5 Å². The normalized spacial score (nSPS) is 15.5. The molecule has 2 N–H and O–H groups in total. The Morgan fingerprint density at radius 1 is 1.13 bits per heavy atom. The summed E-state index contributed by atoms with van der Waals surface area (Å²) in [5.74, 6) is -0.747. The lowest BCUT2D eigenvalue weighted by molar-refractivity contribution is -0.147. The molecule has 1 aromatic carbocycles. The van der Waals surface area contributed by atoms with Gasteiger partial charge in [0, 0.05) is 24.2 Å². The van der Waals surface area contributed by atoms with E-state index in [1.54, 1.807) is 18.2 Å². The predicted molar refractivity (Wildman–Crippen MR) is 174 cm³/mol. The van der Waals surface area contributed by atoms with Gasteiger partial charge in [-0.15, -0.1) is 0 Å². The first-order valence-electron chi connectivity index (χ1n) is 14.9. The number of aromatic nitrogens is 1. The van der Waals surface area contributed by atoms with Crippen LogP contribution < -0.4 is 4.72 Å². The van der Waals surface area contributed by atoms with E-state index in [2.05, 4.69) is 16.3 Å². The van der Waals surface area contributed by atoms with Gasteiger partial charge >= 0.3 is 12.6 Å². The van der Waals surface area contributed by atoms with Crippen LogP contribution in [0.25, 0.3) is 0 Å². The zero-order valence-electron chi connectivity index (χ0n) is 27.2. The first-order chi connectivity index (χ1) is 21.3. The molecule has 0 saturated heterocycles. The number of sulfonamides is 1. The highest BCUT2D eigenvalue weighted by Gasteiger charge is 2.33. The van der Waals surface area contributed by atoms with Gasteiger partial charge in [0.15, 0.2) is 5.03 Å². The molecule has 45 heavy (non-hydrogen) atoms. The molecule has 3 rings (SSSR count). The van der Waals surface area contributed by atoms with Gasteiger partial charge in [-0.25, -0.2) is 9.78 Å². The van der Waals surface area contributed by atoms with E-state index in [0.717, 1.165) is 23.1 Å². The summed E-state index contributed by atoms with van der Waals surface area (Å²) in [6, 6.07) is 13.1. The second kappa shape index (κ2) is 21.8. The number of carbonyl (C=O) groups excluding carboxylic acids is 1. The summed E-state index contributed by atoms with van der Waals surface area (Å²) in [5, 5.41) is 10.7. The molecule has 2 aromatic rings. The third kappa shape index (κ3) is 15.1. The zero-order valence-corrected chi connectivity index (χ0v) is 28.0. The fourth-order valence-corrected chi connectivity index (χ4v) is 5.19. The lowest BCUT2D eigenvalue weighted by Crippen LogP contribution is -2.30. The Morgan fingerprint density at radius 2 is 1.73 bits per heavy atom. The molecule has 0 radical (unpaired) electrons. The van der Waals surface area contributed by atoms with Crippen molar-refractivity contribution < 1.29 is 36.2 Å². The number of esters is 1. The second-order valence-electron chi connectivity index (χ2n) is 9.40. The van der Waals surface area contributed by atoms with E-state index >= 15 is 0 Å². The van der Waals surface area contributed by atoms with E-state index in [-0.39, 0.29) is 34.1 Å². The number of pyridine rings is 1. The highest BCUT2D eigenvalue weighted by molar-refractivity contribution is 7.89. The average molecular weight is 653 g/mol. The lowest BCUT2D eigenvalue weighted by atomic mass is 9.85. The van der Waals surface area contributed by atoms with Gasteiger partial charge in [-0.05, 0) is 56.4 Å². The van der Waals surface area contributed by atoms with Crippen LogP contribution >= 0.6 is 0 Å². The minimum absolute atomic E-state index is 0.0701. The largest absolute Gasteiger partial charge is 0.512 e. The highest BCUT2D eigenvalue weighted by Crippen LogP contribution is 2.33. The molecule has 0 fully saturated rings. The molecule has 250 valence electrons. The first-order valence-corrected chi connectivity index (χ1v) is 16.4. The highest BCUT2D eigenvalue weighted by atomic mass is 32.2. The molecule has 11 heteroatoms. The second-order valence-corrected chi connectivity index (χ2v) is 11.0. The van der Waals surface area contributed by atoms with Gasteiger partial charge in [0.25, 0.3) is 10.0 Å². The van der Waals surface area contributed by atoms with Crippen molar-refractivity contribution in [2.45, 2.75) is 92.0 Å². The fraction of sp³-hybridized carbons (Fsp3) is 0.412. The van der Waals surface area contributed by atoms with Crippen molar-refractivity contribution in [2.75, 3.05) is 0 Å². The molecule has 1 aliphatic rings. The average Bonchev–Trinajstić information content (AvgIpc) is 3.00. The number of carbonyl (C=O) groups is 1. The molecule has 0 saturated carbocycles. The number of benzene rings is 1. The molecular formula is C34H47F3N2O5S. The SMILES string of the molecule is C=C(/C=C\C=C(/C)[C@@H](CC)C1=C(O)CC(CCc2ccccc2)OC1=O)NS(=O)(=O)c1ccc(C)cn1.CC.CC.FC(F)F. The number of hydrogen-bond donors (Lipinski definition) is 2. The number of hydrogen-bond acceptors (Lipinski definition) is 6. The third-order valence-electron chi connectivity index (χ3n) is 6.21. The summed E-state index contributed by atoms with van der Waals surface area (Å²) in [5.41, 5.74) is 3.29. The number of nitrogens with zero attached hydrogens (tertiary/aromatic N) is 1. The number of aliphatic hydroxyl groups excluding tert-OH is 1. The molecule has 0 bridgehead atoms. The van der Waals surface area contributed by atoms with Crippen molar-refractivity contribution in [1.29, 1.82) is 0 Å². The molecular weight excluding hydrogens is 605 g/mol. The van der Waals surface area contributed by atoms with E-state index in [0.29, 0.717) is 19.3 Å². The summed E-state index contributed by atoms with van der Waals surface area (Å²) in [7, 11) is -3.84. The molecule has 7 nitrogen and oxygen atoms in total. The first kappa shape index (κ1) is 41.1. The van der Waals surface area contributed by atoms with Crippen LogP contribution in [0.4, 0.5) is 13.2 Å². The van der Waals surface area contributed by atoms with E-state index < -0.39 is 22.7 Å². The van der Waals surface area contributed by atoms with Crippen LogP contribution in [0.5, 0.6) is 0 Å². The van der Waals surface area contributed by atoms with Crippen LogP contribution in [-0.4, -0.2) is 37.3 Å². The summed E-state index contributed by atoms with van der Waals surface area (Å²) in [6.07, 6.45) is 8.34. The Bertz CT molecular complexity index is 1370. The Labute approximate surface area is 266 Å². The van der Waals surface area contributed by atoms with Crippen LogP contribution in [0.3, 0.4) is 0 Å². The maximum atomic E-state index is 12.8. The molecule has 0 spiro atoms. The number of allylic oxidation sites excluding steroid dienone is 4. The summed E-state index contributed by atoms with van der Waals surface area (Å²) in [4.78, 5) is 16.8. The number of rotatable bonds is 11. The Morgan fingerprint density at radius 3 is 2.24 bits per heavy atom. The lowest BCUT2D eigenvalue weighted by Gasteiger charge is -2.28. The van der Waals surface area contributed by atoms with E-state index in [1.165, 1.54) is 18.3 Å². The Kier molecular flexibility index (Phi) is 19.9. The van der Waals surface area contributed by atoms with Gasteiger partial charge in [0.1, 0.15) is 11.9 Å². The van der Waals surface area contributed by atoms with Crippen LogP contribution in [-0.2, 0) is 26.0 Å². The zero-order chi connectivity index (χ0) is 34.6. The summed E-state index contributed by atoms with van der Waals surface area (Å²) in [6.45, 7) is 13.7. The Balaban J connectivity index is 0.00000220. The number of alkyl halides is 3. The molecule has 2 heterocycles. The van der Waals surface area contributed by atoms with Gasteiger partial charge in [-0.2, -0.15) is 21.6 Å². The van der Waals surface area contributed by atoms with Crippen LogP contribution in [0.2, 0.25) is 0 Å². The Hall–Kier alpha value is -3.86. The van der Waals surface area contributed by atoms with Crippen molar-refractivity contribution >= 4 is 16.0 Å². The van der Waals surface area contributed by atoms with Crippen molar-refractivity contribution in [2.24, 2.45) is 5.92 Å². The number of aryl methyl sites for hydroxylation is 2. The minimum atomic E-state index is -3.84.